The second kappa shape index (κ2) is 10.5. The predicted molar refractivity (Wildman–Crippen MR) is 127 cm³/mol. The highest BCUT2D eigenvalue weighted by Crippen LogP contribution is 2.30. The molecule has 0 radical (unpaired) electrons. The van der Waals surface area contributed by atoms with Crippen LogP contribution in [0.4, 0.5) is 0 Å². The Morgan fingerprint density at radius 3 is 2.65 bits per heavy atom. The molecule has 2 aromatic rings. The van der Waals surface area contributed by atoms with E-state index in [1.807, 2.05) is 51.0 Å². The zero-order valence-corrected chi connectivity index (χ0v) is 20.3. The molecule has 6 nitrogen and oxygen atoms in total. The van der Waals surface area contributed by atoms with Gasteiger partial charge in [-0.25, -0.2) is 4.98 Å². The minimum atomic E-state index is 0.112. The predicted octanol–water partition coefficient (Wildman–Crippen LogP) is 3.92. The van der Waals surface area contributed by atoms with Crippen LogP contribution in [-0.2, 0) is 6.42 Å². The van der Waals surface area contributed by atoms with E-state index in [-0.39, 0.29) is 5.91 Å². The Morgan fingerprint density at radius 1 is 1.23 bits per heavy atom. The van der Waals surface area contributed by atoms with Gasteiger partial charge in [-0.2, -0.15) is 11.8 Å². The van der Waals surface area contributed by atoms with E-state index in [9.17, 15) is 4.79 Å². The molecule has 2 aliphatic heterocycles. The van der Waals surface area contributed by atoms with Gasteiger partial charge in [-0.1, -0.05) is 0 Å². The summed E-state index contributed by atoms with van der Waals surface area (Å²) in [7, 11) is 3.49. The highest BCUT2D eigenvalue weighted by Gasteiger charge is 2.28. The largest absolute Gasteiger partial charge is 0.481 e. The molecule has 1 amide bonds. The molecule has 0 spiro atoms. The van der Waals surface area contributed by atoms with Crippen LogP contribution in [-0.4, -0.2) is 71.0 Å². The first kappa shape index (κ1) is 23.5. The number of methoxy groups -OCH3 is 1. The first-order chi connectivity index (χ1) is 14.8. The van der Waals surface area contributed by atoms with Crippen LogP contribution in [0.2, 0.25) is 0 Å². The molecule has 0 N–H and O–H groups in total. The molecule has 31 heavy (non-hydrogen) atoms. The van der Waals surface area contributed by atoms with E-state index in [0.29, 0.717) is 11.9 Å². The van der Waals surface area contributed by atoms with E-state index < -0.39 is 0 Å². The molecule has 2 unspecified atom stereocenters. The Morgan fingerprint density at radius 2 is 2.00 bits per heavy atom. The average Bonchev–Trinajstić information content (AvgIpc) is 3.25. The molecule has 4 rings (SSSR count). The Balaban J connectivity index is 0.000000229. The van der Waals surface area contributed by atoms with E-state index in [1.54, 1.807) is 12.0 Å². The van der Waals surface area contributed by atoms with Crippen molar-refractivity contribution in [2.45, 2.75) is 44.9 Å². The number of thioether (sulfide) groups is 1. The van der Waals surface area contributed by atoms with Crippen LogP contribution >= 0.6 is 11.8 Å². The van der Waals surface area contributed by atoms with Crippen molar-refractivity contribution in [3.05, 3.63) is 52.5 Å². The Labute approximate surface area is 190 Å². The maximum Gasteiger partial charge on any atom is 0.255 e. The van der Waals surface area contributed by atoms with Gasteiger partial charge >= 0.3 is 0 Å². The fraction of sp³-hybridized carbons (Fsp3) is 0.542. The number of ether oxygens (including phenoxy) is 1. The number of hydrogen-bond acceptors (Lipinski definition) is 6. The first-order valence-corrected chi connectivity index (χ1v) is 12.1. The number of aryl methyl sites for hydroxylation is 2. The topological polar surface area (TPSA) is 58.6 Å². The average molecular weight is 443 g/mol. The third-order valence-corrected chi connectivity index (χ3v) is 7.13. The van der Waals surface area contributed by atoms with Crippen molar-refractivity contribution >= 4 is 17.7 Å². The van der Waals surface area contributed by atoms with Gasteiger partial charge in [-0.05, 0) is 63.3 Å². The standard InChI is InChI=1S/C16H23N3OS.C8H11NO/c1-11(19-7-4-13(10-19)21-3)12-8-14-15(17-9-12)5-6-18(2)16(14)20;1-6-4-7(2)9-8(5-6)10-3/h8-9,11,13H,4-7,10H2,1-3H3;4-5H,1-3H3. The van der Waals surface area contributed by atoms with Crippen LogP contribution in [0.25, 0.3) is 0 Å². The third kappa shape index (κ3) is 5.77. The second-order valence-corrected chi connectivity index (χ2v) is 9.52. The van der Waals surface area contributed by atoms with E-state index in [2.05, 4.69) is 34.1 Å². The molecular formula is C24H34N4O2S. The molecule has 1 fully saturated rings. The number of pyridine rings is 2. The van der Waals surface area contributed by atoms with Gasteiger partial charge in [0.25, 0.3) is 5.91 Å². The molecule has 2 aromatic heterocycles. The van der Waals surface area contributed by atoms with Gasteiger partial charge in [0.15, 0.2) is 0 Å². The molecule has 0 aromatic carbocycles. The fourth-order valence-corrected chi connectivity index (χ4v) is 4.80. The highest BCUT2D eigenvalue weighted by molar-refractivity contribution is 7.99. The molecule has 0 saturated carbocycles. The van der Waals surface area contributed by atoms with Crippen LogP contribution in [0, 0.1) is 13.8 Å². The van der Waals surface area contributed by atoms with Crippen molar-refractivity contribution in [1.82, 2.24) is 19.8 Å². The van der Waals surface area contributed by atoms with Gasteiger partial charge in [0.2, 0.25) is 5.88 Å². The van der Waals surface area contributed by atoms with Gasteiger partial charge in [-0.15, -0.1) is 0 Å². The monoisotopic (exact) mass is 442 g/mol. The Bertz CT molecular complexity index is 900. The summed E-state index contributed by atoms with van der Waals surface area (Å²) in [6.07, 6.45) is 6.28. The highest BCUT2D eigenvalue weighted by atomic mass is 32.2. The summed E-state index contributed by atoms with van der Waals surface area (Å²) in [6.45, 7) is 9.25. The Kier molecular flexibility index (Phi) is 7.94. The van der Waals surface area contributed by atoms with Gasteiger partial charge in [0.05, 0.1) is 18.4 Å². The lowest BCUT2D eigenvalue weighted by Crippen LogP contribution is -2.35. The van der Waals surface area contributed by atoms with Gasteiger partial charge < -0.3 is 9.64 Å². The fourth-order valence-electron chi connectivity index (χ4n) is 4.12. The number of nitrogens with zero attached hydrogens (tertiary/aromatic N) is 4. The number of fused-ring (bicyclic) bond motifs is 1. The number of likely N-dealkylation sites (tertiary alicyclic amines) is 1. The van der Waals surface area contributed by atoms with Crippen molar-refractivity contribution in [1.29, 1.82) is 0 Å². The van der Waals surface area contributed by atoms with Crippen molar-refractivity contribution in [3.8, 4) is 5.88 Å². The molecule has 7 heteroatoms. The summed E-state index contributed by atoms with van der Waals surface area (Å²) < 4.78 is 4.96. The van der Waals surface area contributed by atoms with Crippen LogP contribution in [0.1, 0.15) is 52.3 Å². The second-order valence-electron chi connectivity index (χ2n) is 8.39. The van der Waals surface area contributed by atoms with Gasteiger partial charge in [0, 0.05) is 55.8 Å². The van der Waals surface area contributed by atoms with E-state index in [0.717, 1.165) is 48.3 Å². The maximum atomic E-state index is 12.3. The molecule has 0 bridgehead atoms. The number of carbonyl (C=O) groups is 1. The van der Waals surface area contributed by atoms with E-state index in [4.69, 9.17) is 4.74 Å². The smallest absolute Gasteiger partial charge is 0.255 e. The SMILES string of the molecule is COc1cc(C)cc(C)n1.CSC1CCN(C(C)c2cnc3c(c2)C(=O)N(C)CC3)C1. The van der Waals surface area contributed by atoms with Gasteiger partial charge in [-0.3, -0.25) is 14.7 Å². The number of amides is 1. The quantitative estimate of drug-likeness (QED) is 0.715. The molecule has 2 aliphatic rings. The minimum Gasteiger partial charge on any atom is -0.481 e. The summed E-state index contributed by atoms with van der Waals surface area (Å²) in [5.74, 6) is 0.804. The molecule has 0 aliphatic carbocycles. The molecular weight excluding hydrogens is 408 g/mol. The molecule has 2 atom stereocenters. The zero-order valence-electron chi connectivity index (χ0n) is 19.5. The van der Waals surface area contributed by atoms with Crippen LogP contribution in [0.15, 0.2) is 24.4 Å². The zero-order chi connectivity index (χ0) is 22.5. The lowest BCUT2D eigenvalue weighted by molar-refractivity contribution is 0.0779. The normalized spacial score (nSPS) is 19.5. The maximum absolute atomic E-state index is 12.3. The summed E-state index contributed by atoms with van der Waals surface area (Å²) in [6, 6.07) is 6.33. The number of carbonyl (C=O) groups excluding carboxylic acids is 1. The van der Waals surface area contributed by atoms with Gasteiger partial charge in [0.1, 0.15) is 0 Å². The number of aromatic nitrogens is 2. The first-order valence-electron chi connectivity index (χ1n) is 10.8. The lowest BCUT2D eigenvalue weighted by Gasteiger charge is -2.27. The number of hydrogen-bond donors (Lipinski definition) is 0. The number of likely N-dealkylation sites (N-methyl/N-ethyl adjacent to an activating group) is 1. The molecule has 168 valence electrons. The lowest BCUT2D eigenvalue weighted by atomic mass is 10.0. The summed E-state index contributed by atoms with van der Waals surface area (Å²) in [4.78, 5) is 25.3. The van der Waals surface area contributed by atoms with Crippen molar-refractivity contribution < 1.29 is 9.53 Å². The molecule has 4 heterocycles. The number of rotatable bonds is 4. The Hall–Kier alpha value is -2.12. The van der Waals surface area contributed by atoms with Crippen LogP contribution in [0.5, 0.6) is 5.88 Å². The van der Waals surface area contributed by atoms with E-state index >= 15 is 0 Å². The van der Waals surface area contributed by atoms with Crippen molar-refractivity contribution in [3.63, 3.8) is 0 Å². The van der Waals surface area contributed by atoms with E-state index in [1.165, 1.54) is 17.5 Å². The minimum absolute atomic E-state index is 0.112. The summed E-state index contributed by atoms with van der Waals surface area (Å²) in [5.41, 5.74) is 5.10. The molecule has 1 saturated heterocycles. The van der Waals surface area contributed by atoms with Crippen molar-refractivity contribution in [2.75, 3.05) is 40.0 Å². The van der Waals surface area contributed by atoms with Crippen LogP contribution < -0.4 is 4.74 Å². The van der Waals surface area contributed by atoms with Crippen LogP contribution in [0.3, 0.4) is 0 Å². The summed E-state index contributed by atoms with van der Waals surface area (Å²) in [5, 5.41) is 0.741. The van der Waals surface area contributed by atoms with Crippen molar-refractivity contribution in [2.24, 2.45) is 0 Å². The summed E-state index contributed by atoms with van der Waals surface area (Å²) >= 11 is 1.95. The third-order valence-electron chi connectivity index (χ3n) is 6.08.